The molecule has 2 heteroatoms. The molecule has 0 aliphatic carbocycles. The molecule has 0 radical (unpaired) electrons. The highest BCUT2D eigenvalue weighted by molar-refractivity contribution is 5.39. The molecular formula is C11H12N2. The lowest BCUT2D eigenvalue weighted by molar-refractivity contribution is 0.739. The summed E-state index contributed by atoms with van der Waals surface area (Å²) in [5.74, 6) is 0. The molecule has 1 aromatic rings. The lowest BCUT2D eigenvalue weighted by atomic mass is 9.99. The zero-order valence-corrected chi connectivity index (χ0v) is 7.40. The summed E-state index contributed by atoms with van der Waals surface area (Å²) in [7, 11) is 0. The molecule has 0 saturated heterocycles. The Morgan fingerprint density at radius 1 is 1.54 bits per heavy atom. The van der Waals surface area contributed by atoms with Crippen molar-refractivity contribution in [2.75, 3.05) is 0 Å². The van der Waals surface area contributed by atoms with Crippen LogP contribution in [0.5, 0.6) is 0 Å². The number of benzene rings is 1. The van der Waals surface area contributed by atoms with Gasteiger partial charge in [-0.25, -0.2) is 0 Å². The van der Waals surface area contributed by atoms with E-state index in [0.717, 1.165) is 5.56 Å². The fraction of sp³-hybridized carbons (Fsp3) is 0.182. The molecule has 0 unspecified atom stereocenters. The van der Waals surface area contributed by atoms with Crippen LogP contribution in [0.25, 0.3) is 0 Å². The van der Waals surface area contributed by atoms with Gasteiger partial charge in [-0.05, 0) is 18.1 Å². The first-order valence-electron chi connectivity index (χ1n) is 4.15. The summed E-state index contributed by atoms with van der Waals surface area (Å²) < 4.78 is 0. The number of hydrogen-bond acceptors (Lipinski definition) is 2. The Kier molecular flexibility index (Phi) is 3.24. The average molecular weight is 172 g/mol. The maximum absolute atomic E-state index is 8.80. The van der Waals surface area contributed by atoms with Crippen molar-refractivity contribution in [3.63, 3.8) is 0 Å². The van der Waals surface area contributed by atoms with Crippen LogP contribution >= 0.6 is 0 Å². The molecule has 0 saturated carbocycles. The molecule has 2 nitrogen and oxygen atoms in total. The van der Waals surface area contributed by atoms with Gasteiger partial charge >= 0.3 is 0 Å². The molecule has 0 amide bonds. The van der Waals surface area contributed by atoms with E-state index in [2.05, 4.69) is 12.6 Å². The van der Waals surface area contributed by atoms with Gasteiger partial charge in [0.25, 0.3) is 0 Å². The van der Waals surface area contributed by atoms with E-state index in [4.69, 9.17) is 11.0 Å². The first-order valence-corrected chi connectivity index (χ1v) is 4.15. The van der Waals surface area contributed by atoms with Crippen molar-refractivity contribution in [2.24, 2.45) is 5.73 Å². The molecule has 1 rings (SSSR count). The predicted molar refractivity (Wildman–Crippen MR) is 52.9 cm³/mol. The van der Waals surface area contributed by atoms with Gasteiger partial charge in [0.1, 0.15) is 0 Å². The minimum Gasteiger partial charge on any atom is -0.324 e. The normalized spacial score (nSPS) is 11.7. The van der Waals surface area contributed by atoms with Crippen molar-refractivity contribution in [1.29, 1.82) is 5.26 Å². The van der Waals surface area contributed by atoms with Gasteiger partial charge in [0.05, 0.1) is 11.6 Å². The predicted octanol–water partition coefficient (Wildman–Crippen LogP) is 2.13. The molecule has 13 heavy (non-hydrogen) atoms. The smallest absolute Gasteiger partial charge is 0.0995 e. The third-order valence-corrected chi connectivity index (χ3v) is 1.90. The summed E-state index contributed by atoms with van der Waals surface area (Å²) >= 11 is 0. The Bertz CT molecular complexity index is 336. The summed E-state index contributed by atoms with van der Waals surface area (Å²) in [6.07, 6.45) is 2.46. The summed E-state index contributed by atoms with van der Waals surface area (Å²) in [6, 6.07) is 9.39. The highest BCUT2D eigenvalue weighted by Gasteiger charge is 2.07. The summed E-state index contributed by atoms with van der Waals surface area (Å²) in [5.41, 5.74) is 7.40. The monoisotopic (exact) mass is 172 g/mol. The molecule has 0 aromatic heterocycles. The van der Waals surface area contributed by atoms with Gasteiger partial charge in [-0.3, -0.25) is 0 Å². The van der Waals surface area contributed by atoms with Crippen LogP contribution in [-0.2, 0) is 0 Å². The van der Waals surface area contributed by atoms with Gasteiger partial charge in [0.2, 0.25) is 0 Å². The first-order chi connectivity index (χ1) is 6.29. The van der Waals surface area contributed by atoms with Crippen molar-refractivity contribution in [1.82, 2.24) is 0 Å². The van der Waals surface area contributed by atoms with Gasteiger partial charge in [-0.2, -0.15) is 5.26 Å². The van der Waals surface area contributed by atoms with Gasteiger partial charge < -0.3 is 5.73 Å². The Hall–Kier alpha value is -1.59. The minimum absolute atomic E-state index is 0.117. The number of nitriles is 1. The first kappa shape index (κ1) is 9.50. The van der Waals surface area contributed by atoms with Gasteiger partial charge in [-0.1, -0.05) is 24.3 Å². The molecule has 0 spiro atoms. The van der Waals surface area contributed by atoms with E-state index in [1.807, 2.05) is 18.2 Å². The highest BCUT2D eigenvalue weighted by atomic mass is 14.6. The number of nitrogens with two attached hydrogens (primary N) is 1. The fourth-order valence-electron chi connectivity index (χ4n) is 1.23. The van der Waals surface area contributed by atoms with E-state index < -0.39 is 0 Å². The van der Waals surface area contributed by atoms with Crippen LogP contribution in [0.2, 0.25) is 0 Å². The van der Waals surface area contributed by atoms with Gasteiger partial charge in [-0.15, -0.1) is 6.58 Å². The average Bonchev–Trinajstić information content (AvgIpc) is 2.18. The van der Waals surface area contributed by atoms with E-state index in [1.54, 1.807) is 12.1 Å². The zero-order valence-electron chi connectivity index (χ0n) is 7.40. The van der Waals surface area contributed by atoms with Gasteiger partial charge in [0.15, 0.2) is 0 Å². The van der Waals surface area contributed by atoms with Crippen LogP contribution < -0.4 is 5.73 Å². The lowest BCUT2D eigenvalue weighted by Crippen LogP contribution is -2.10. The van der Waals surface area contributed by atoms with Crippen molar-refractivity contribution >= 4 is 0 Å². The Balaban J connectivity index is 2.99. The molecule has 1 aromatic carbocycles. The maximum Gasteiger partial charge on any atom is 0.0995 e. The second-order valence-electron chi connectivity index (χ2n) is 2.83. The van der Waals surface area contributed by atoms with Crippen LogP contribution in [0.1, 0.15) is 23.6 Å². The number of hydrogen-bond donors (Lipinski definition) is 1. The van der Waals surface area contributed by atoms with Crippen LogP contribution in [0, 0.1) is 11.3 Å². The van der Waals surface area contributed by atoms with E-state index in [1.165, 1.54) is 0 Å². The van der Waals surface area contributed by atoms with Crippen molar-refractivity contribution in [2.45, 2.75) is 12.5 Å². The van der Waals surface area contributed by atoms with E-state index in [9.17, 15) is 0 Å². The molecule has 0 aliphatic rings. The molecule has 0 aliphatic heterocycles. The molecule has 0 fully saturated rings. The van der Waals surface area contributed by atoms with E-state index >= 15 is 0 Å². The van der Waals surface area contributed by atoms with Crippen molar-refractivity contribution < 1.29 is 0 Å². The Labute approximate surface area is 78.3 Å². The van der Waals surface area contributed by atoms with Crippen LogP contribution in [-0.4, -0.2) is 0 Å². The molecular weight excluding hydrogens is 160 g/mol. The largest absolute Gasteiger partial charge is 0.324 e. The quantitative estimate of drug-likeness (QED) is 0.710. The number of rotatable bonds is 3. The molecule has 2 N–H and O–H groups in total. The molecule has 0 bridgehead atoms. The third kappa shape index (κ3) is 2.17. The summed E-state index contributed by atoms with van der Waals surface area (Å²) in [4.78, 5) is 0. The lowest BCUT2D eigenvalue weighted by Gasteiger charge is -2.10. The Morgan fingerprint density at radius 2 is 2.23 bits per heavy atom. The summed E-state index contributed by atoms with van der Waals surface area (Å²) in [5, 5.41) is 8.80. The number of nitrogens with zero attached hydrogens (tertiary/aromatic N) is 1. The van der Waals surface area contributed by atoms with Crippen LogP contribution in [0.15, 0.2) is 36.9 Å². The van der Waals surface area contributed by atoms with E-state index in [0.29, 0.717) is 12.0 Å². The Morgan fingerprint density at radius 3 is 2.85 bits per heavy atom. The molecule has 66 valence electrons. The fourth-order valence-corrected chi connectivity index (χ4v) is 1.23. The van der Waals surface area contributed by atoms with Gasteiger partial charge in [0, 0.05) is 6.04 Å². The zero-order chi connectivity index (χ0) is 9.68. The van der Waals surface area contributed by atoms with Crippen LogP contribution in [0.4, 0.5) is 0 Å². The maximum atomic E-state index is 8.80. The third-order valence-electron chi connectivity index (χ3n) is 1.90. The van der Waals surface area contributed by atoms with Crippen molar-refractivity contribution in [3.05, 3.63) is 48.0 Å². The molecule has 0 heterocycles. The van der Waals surface area contributed by atoms with E-state index in [-0.39, 0.29) is 6.04 Å². The second kappa shape index (κ2) is 4.44. The highest BCUT2D eigenvalue weighted by Crippen LogP contribution is 2.17. The van der Waals surface area contributed by atoms with Crippen molar-refractivity contribution in [3.8, 4) is 6.07 Å². The van der Waals surface area contributed by atoms with Crippen LogP contribution in [0.3, 0.4) is 0 Å². The standard InChI is InChI=1S/C11H12N2/c1-2-5-11(13)10-7-4-3-6-9(10)8-12/h2-4,6-7,11H,1,5,13H2/t11-/m1/s1. The minimum atomic E-state index is -0.117. The molecule has 1 atom stereocenters. The SMILES string of the molecule is C=CC[C@@H](N)c1ccccc1C#N. The topological polar surface area (TPSA) is 49.8 Å². The summed E-state index contributed by atoms with van der Waals surface area (Å²) in [6.45, 7) is 3.62. The second-order valence-corrected chi connectivity index (χ2v) is 2.83.